The fourth-order valence-electron chi connectivity index (χ4n) is 2.19. The van der Waals surface area contributed by atoms with Gasteiger partial charge in [0.2, 0.25) is 0 Å². The summed E-state index contributed by atoms with van der Waals surface area (Å²) in [7, 11) is 0. The molecule has 0 spiro atoms. The van der Waals surface area contributed by atoms with Crippen LogP contribution in [0, 0.1) is 0 Å². The molecule has 0 bridgehead atoms. The van der Waals surface area contributed by atoms with Crippen LogP contribution >= 0.6 is 0 Å². The van der Waals surface area contributed by atoms with E-state index in [1.165, 1.54) is 45.3 Å². The molecule has 1 unspecified atom stereocenters. The van der Waals surface area contributed by atoms with E-state index in [1.54, 1.807) is 0 Å². The van der Waals surface area contributed by atoms with Crippen LogP contribution in [0.25, 0.3) is 0 Å². The molecule has 1 heterocycles. The van der Waals surface area contributed by atoms with Crippen LogP contribution in [0.4, 0.5) is 0 Å². The zero-order valence-electron chi connectivity index (χ0n) is 10.1. The SMILES string of the molecule is CCCNC1CCCN(C(C)C)CC1. The Morgan fingerprint density at radius 3 is 2.71 bits per heavy atom. The summed E-state index contributed by atoms with van der Waals surface area (Å²) in [6.45, 7) is 10.6. The van der Waals surface area contributed by atoms with Crippen LogP contribution in [0.1, 0.15) is 46.5 Å². The van der Waals surface area contributed by atoms with E-state index in [1.807, 2.05) is 0 Å². The normalized spacial score (nSPS) is 25.3. The van der Waals surface area contributed by atoms with Crippen molar-refractivity contribution in [2.75, 3.05) is 19.6 Å². The van der Waals surface area contributed by atoms with Gasteiger partial charge in [-0.25, -0.2) is 0 Å². The number of hydrogen-bond donors (Lipinski definition) is 1. The smallest absolute Gasteiger partial charge is 0.00797 e. The summed E-state index contributed by atoms with van der Waals surface area (Å²) in [5, 5.41) is 3.64. The zero-order chi connectivity index (χ0) is 10.4. The molecule has 0 radical (unpaired) electrons. The van der Waals surface area contributed by atoms with Crippen molar-refractivity contribution >= 4 is 0 Å². The van der Waals surface area contributed by atoms with E-state index in [0.29, 0.717) is 0 Å². The van der Waals surface area contributed by atoms with Crippen LogP contribution in [0.15, 0.2) is 0 Å². The summed E-state index contributed by atoms with van der Waals surface area (Å²) in [6, 6.07) is 1.50. The summed E-state index contributed by atoms with van der Waals surface area (Å²) in [5.74, 6) is 0. The van der Waals surface area contributed by atoms with E-state index in [9.17, 15) is 0 Å². The third-order valence-corrected chi connectivity index (χ3v) is 3.18. The van der Waals surface area contributed by atoms with Crippen LogP contribution in [0.5, 0.6) is 0 Å². The summed E-state index contributed by atoms with van der Waals surface area (Å²) in [4.78, 5) is 2.60. The lowest BCUT2D eigenvalue weighted by Gasteiger charge is -2.24. The maximum absolute atomic E-state index is 3.64. The Morgan fingerprint density at radius 2 is 2.07 bits per heavy atom. The average molecular weight is 198 g/mol. The second-order valence-electron chi connectivity index (χ2n) is 4.71. The van der Waals surface area contributed by atoms with Crippen molar-refractivity contribution in [3.8, 4) is 0 Å². The molecule has 1 saturated heterocycles. The van der Waals surface area contributed by atoms with E-state index < -0.39 is 0 Å². The number of likely N-dealkylation sites (tertiary alicyclic amines) is 1. The maximum atomic E-state index is 3.64. The summed E-state index contributed by atoms with van der Waals surface area (Å²) >= 11 is 0. The third-order valence-electron chi connectivity index (χ3n) is 3.18. The molecular formula is C12H26N2. The lowest BCUT2D eigenvalue weighted by Crippen LogP contribution is -2.34. The van der Waals surface area contributed by atoms with E-state index in [0.717, 1.165) is 12.1 Å². The Morgan fingerprint density at radius 1 is 1.29 bits per heavy atom. The first-order valence-corrected chi connectivity index (χ1v) is 6.21. The molecule has 2 heteroatoms. The topological polar surface area (TPSA) is 15.3 Å². The molecule has 1 rings (SSSR count). The first-order chi connectivity index (χ1) is 6.74. The van der Waals surface area contributed by atoms with Crippen molar-refractivity contribution in [1.82, 2.24) is 10.2 Å². The molecule has 0 aromatic carbocycles. The van der Waals surface area contributed by atoms with Crippen molar-refractivity contribution in [2.24, 2.45) is 0 Å². The van der Waals surface area contributed by atoms with E-state index >= 15 is 0 Å². The van der Waals surface area contributed by atoms with E-state index in [2.05, 4.69) is 31.0 Å². The molecule has 84 valence electrons. The lowest BCUT2D eigenvalue weighted by molar-refractivity contribution is 0.229. The minimum Gasteiger partial charge on any atom is -0.314 e. The molecule has 0 saturated carbocycles. The highest BCUT2D eigenvalue weighted by Gasteiger charge is 2.17. The zero-order valence-corrected chi connectivity index (χ0v) is 10.1. The monoisotopic (exact) mass is 198 g/mol. The standard InChI is InChI=1S/C12H26N2/c1-4-8-13-12-6-5-9-14(10-7-12)11(2)3/h11-13H,4-10H2,1-3H3. The van der Waals surface area contributed by atoms with Crippen LogP contribution in [-0.2, 0) is 0 Å². The first-order valence-electron chi connectivity index (χ1n) is 6.21. The van der Waals surface area contributed by atoms with Gasteiger partial charge in [0.15, 0.2) is 0 Å². The van der Waals surface area contributed by atoms with Crippen molar-refractivity contribution in [3.05, 3.63) is 0 Å². The molecule has 0 aromatic heterocycles. The number of rotatable bonds is 4. The minimum atomic E-state index is 0.722. The molecule has 1 aliphatic rings. The van der Waals surface area contributed by atoms with E-state index in [-0.39, 0.29) is 0 Å². The van der Waals surface area contributed by atoms with Gasteiger partial charge in [0.05, 0.1) is 0 Å². The Labute approximate surface area is 89.1 Å². The lowest BCUT2D eigenvalue weighted by atomic mass is 10.1. The summed E-state index contributed by atoms with van der Waals surface area (Å²) in [6.07, 6.45) is 5.31. The predicted octanol–water partition coefficient (Wildman–Crippen LogP) is 2.25. The van der Waals surface area contributed by atoms with Crippen LogP contribution in [0.3, 0.4) is 0 Å². The van der Waals surface area contributed by atoms with Gasteiger partial charge in [-0.05, 0) is 59.2 Å². The van der Waals surface area contributed by atoms with Gasteiger partial charge in [-0.15, -0.1) is 0 Å². The van der Waals surface area contributed by atoms with Gasteiger partial charge in [0.25, 0.3) is 0 Å². The summed E-state index contributed by atoms with van der Waals surface area (Å²) < 4.78 is 0. The molecule has 1 N–H and O–H groups in total. The van der Waals surface area contributed by atoms with E-state index in [4.69, 9.17) is 0 Å². The average Bonchev–Trinajstić information content (AvgIpc) is 2.39. The van der Waals surface area contributed by atoms with Crippen molar-refractivity contribution in [3.63, 3.8) is 0 Å². The highest BCUT2D eigenvalue weighted by atomic mass is 15.1. The number of hydrogen-bond acceptors (Lipinski definition) is 2. The van der Waals surface area contributed by atoms with Gasteiger partial charge in [-0.2, -0.15) is 0 Å². The Kier molecular flexibility index (Phi) is 5.49. The highest BCUT2D eigenvalue weighted by Crippen LogP contribution is 2.13. The van der Waals surface area contributed by atoms with Crippen LogP contribution in [0.2, 0.25) is 0 Å². The van der Waals surface area contributed by atoms with Crippen molar-refractivity contribution in [2.45, 2.75) is 58.5 Å². The Balaban J connectivity index is 2.26. The molecule has 1 aliphatic heterocycles. The van der Waals surface area contributed by atoms with Gasteiger partial charge in [0, 0.05) is 12.1 Å². The Hall–Kier alpha value is -0.0800. The quantitative estimate of drug-likeness (QED) is 0.745. The maximum Gasteiger partial charge on any atom is 0.00797 e. The first kappa shape index (κ1) is 12.0. The fourth-order valence-corrected chi connectivity index (χ4v) is 2.19. The van der Waals surface area contributed by atoms with Crippen LogP contribution < -0.4 is 5.32 Å². The predicted molar refractivity (Wildman–Crippen MR) is 62.6 cm³/mol. The second-order valence-corrected chi connectivity index (χ2v) is 4.71. The molecule has 0 aromatic rings. The van der Waals surface area contributed by atoms with Gasteiger partial charge in [0.1, 0.15) is 0 Å². The number of nitrogens with zero attached hydrogens (tertiary/aromatic N) is 1. The molecule has 0 aliphatic carbocycles. The molecule has 1 fully saturated rings. The number of nitrogens with one attached hydrogen (secondary N) is 1. The van der Waals surface area contributed by atoms with Crippen molar-refractivity contribution < 1.29 is 0 Å². The van der Waals surface area contributed by atoms with Crippen LogP contribution in [-0.4, -0.2) is 36.6 Å². The van der Waals surface area contributed by atoms with Crippen molar-refractivity contribution in [1.29, 1.82) is 0 Å². The van der Waals surface area contributed by atoms with Gasteiger partial charge >= 0.3 is 0 Å². The van der Waals surface area contributed by atoms with Gasteiger partial charge in [-0.3, -0.25) is 0 Å². The molecular weight excluding hydrogens is 172 g/mol. The molecule has 2 nitrogen and oxygen atoms in total. The van der Waals surface area contributed by atoms with Gasteiger partial charge in [-0.1, -0.05) is 6.92 Å². The fraction of sp³-hybridized carbons (Fsp3) is 1.00. The molecule has 14 heavy (non-hydrogen) atoms. The summed E-state index contributed by atoms with van der Waals surface area (Å²) in [5.41, 5.74) is 0. The molecule has 1 atom stereocenters. The highest BCUT2D eigenvalue weighted by molar-refractivity contribution is 4.76. The van der Waals surface area contributed by atoms with Gasteiger partial charge < -0.3 is 10.2 Å². The minimum absolute atomic E-state index is 0.722. The largest absolute Gasteiger partial charge is 0.314 e. The molecule has 0 amide bonds. The Bertz CT molecular complexity index is 145. The second kappa shape index (κ2) is 6.41. The third kappa shape index (κ3) is 3.97.